The molecule has 0 aliphatic carbocycles. The minimum absolute atomic E-state index is 0. The van der Waals surface area contributed by atoms with E-state index in [4.69, 9.17) is 9.40 Å². The monoisotopic (exact) mass is 816 g/mol. The first-order valence-corrected chi connectivity index (χ1v) is 16.7. The number of benzene rings is 4. The molecule has 0 unspecified atom stereocenters. The average Bonchev–Trinajstić information content (AvgIpc) is 3.45. The number of fused-ring (bicyclic) bond motifs is 4. The summed E-state index contributed by atoms with van der Waals surface area (Å²) in [6, 6.07) is 32.5. The Morgan fingerprint density at radius 1 is 0.833 bits per heavy atom. The minimum atomic E-state index is -0.337. The van der Waals surface area contributed by atoms with Crippen LogP contribution < -0.4 is 0 Å². The van der Waals surface area contributed by atoms with Crippen LogP contribution in [0.5, 0.6) is 0 Å². The van der Waals surface area contributed by atoms with E-state index in [1.807, 2.05) is 72.0 Å². The van der Waals surface area contributed by atoms with Crippen LogP contribution in [-0.2, 0) is 24.9 Å². The molecular weight excluding hydrogens is 773 g/mol. The normalized spacial score (nSPS) is 12.4. The van der Waals surface area contributed by atoms with Crippen molar-refractivity contribution < 1.29 is 34.4 Å². The summed E-state index contributed by atoms with van der Waals surface area (Å²) >= 11 is 0. The van der Waals surface area contributed by atoms with Crippen LogP contribution in [0.2, 0.25) is 0 Å². The number of para-hydroxylation sites is 1. The smallest absolute Gasteiger partial charge is 0.164 e. The van der Waals surface area contributed by atoms with E-state index in [0.717, 1.165) is 86.0 Å². The van der Waals surface area contributed by atoms with E-state index in [0.29, 0.717) is 0 Å². The fourth-order valence-corrected chi connectivity index (χ4v) is 6.37. The standard InChI is InChI=1S/C27H15N2O.C15H28O2.Ir/c1-2-9-18(10-3-1)29-21-13-7-15-23-25(21)24-20(12-6-14-22(24)30-23)26-27(29)19-11-5-4-8-17(19)16-28-26;1-7-14(5,8-2)12(16)11-13(17)15(6,9-3)10-4;/h1-11,13-16H;11,16H,7-10H2,1-6H3;/q-1;;/b;12-11-;. The molecule has 0 aliphatic heterocycles. The maximum atomic E-state index is 12.2. The first-order chi connectivity index (χ1) is 22.7. The van der Waals surface area contributed by atoms with E-state index in [9.17, 15) is 9.90 Å². The minimum Gasteiger partial charge on any atom is -0.512 e. The van der Waals surface area contributed by atoms with Gasteiger partial charge >= 0.3 is 0 Å². The van der Waals surface area contributed by atoms with Gasteiger partial charge in [-0.3, -0.25) is 4.79 Å². The quantitative estimate of drug-likeness (QED) is 0.0942. The summed E-state index contributed by atoms with van der Waals surface area (Å²) in [6.07, 6.45) is 6.71. The van der Waals surface area contributed by atoms with Gasteiger partial charge in [0, 0.05) is 76.2 Å². The summed E-state index contributed by atoms with van der Waals surface area (Å²) in [4.78, 5) is 17.1. The number of allylic oxidation sites excluding steroid dienone is 2. The Morgan fingerprint density at radius 2 is 1.48 bits per heavy atom. The third-order valence-corrected chi connectivity index (χ3v) is 10.5. The molecule has 0 saturated heterocycles. The number of carbonyl (C=O) groups excluding carboxylic acids is 1. The van der Waals surface area contributed by atoms with Gasteiger partial charge in [-0.05, 0) is 55.3 Å². The van der Waals surface area contributed by atoms with Crippen molar-refractivity contribution in [1.29, 1.82) is 0 Å². The molecule has 0 saturated carbocycles. The van der Waals surface area contributed by atoms with Gasteiger partial charge in [0.25, 0.3) is 0 Å². The largest absolute Gasteiger partial charge is 0.512 e. The predicted molar refractivity (Wildman–Crippen MR) is 195 cm³/mol. The van der Waals surface area contributed by atoms with Crippen molar-refractivity contribution in [1.82, 2.24) is 9.55 Å². The van der Waals surface area contributed by atoms with Crippen LogP contribution in [0.1, 0.15) is 67.2 Å². The zero-order valence-electron chi connectivity index (χ0n) is 28.6. The second-order valence-electron chi connectivity index (χ2n) is 13.0. The van der Waals surface area contributed by atoms with Gasteiger partial charge in [-0.2, -0.15) is 0 Å². The summed E-state index contributed by atoms with van der Waals surface area (Å²) in [5.41, 5.74) is 5.31. The molecule has 1 N–H and O–H groups in total. The number of aromatic nitrogens is 2. The molecule has 7 aromatic rings. The zero-order chi connectivity index (χ0) is 33.3. The molecule has 48 heavy (non-hydrogen) atoms. The fraction of sp³-hybridized carbons (Fsp3) is 0.286. The first-order valence-electron chi connectivity index (χ1n) is 16.7. The third-order valence-electron chi connectivity index (χ3n) is 10.5. The second-order valence-corrected chi connectivity index (χ2v) is 13.0. The van der Waals surface area contributed by atoms with E-state index in [1.54, 1.807) is 0 Å². The summed E-state index contributed by atoms with van der Waals surface area (Å²) in [6.45, 7) is 12.1. The van der Waals surface area contributed by atoms with Crippen LogP contribution >= 0.6 is 0 Å². The first kappa shape index (κ1) is 35.1. The Kier molecular flexibility index (Phi) is 10.3. The Balaban J connectivity index is 0.000000218. The van der Waals surface area contributed by atoms with Crippen molar-refractivity contribution in [2.24, 2.45) is 10.8 Å². The maximum Gasteiger partial charge on any atom is 0.164 e. The molecule has 3 heterocycles. The van der Waals surface area contributed by atoms with E-state index in [1.165, 1.54) is 6.08 Å². The van der Waals surface area contributed by atoms with E-state index in [-0.39, 0.29) is 42.5 Å². The summed E-state index contributed by atoms with van der Waals surface area (Å²) in [5.74, 6) is 0.286. The summed E-state index contributed by atoms with van der Waals surface area (Å²) in [5, 5.41) is 15.6. The van der Waals surface area contributed by atoms with E-state index in [2.05, 4.69) is 71.3 Å². The van der Waals surface area contributed by atoms with Gasteiger partial charge in [-0.15, -0.1) is 17.5 Å². The Hall–Kier alpha value is -4.25. The maximum absolute atomic E-state index is 12.2. The van der Waals surface area contributed by atoms with Crippen LogP contribution in [-0.4, -0.2) is 20.4 Å². The van der Waals surface area contributed by atoms with Crippen molar-refractivity contribution >= 4 is 60.4 Å². The number of aliphatic hydroxyl groups excluding tert-OH is 1. The number of hydrogen-bond acceptors (Lipinski definition) is 4. The SMILES string of the molecule is CCC(C)(CC)C(=O)/C=C(\O)C(C)(CC)CC.[Ir].[c-]1ccc2oc3cccc4c3c2c1c1ncc2ccccc2c1n4-c1ccccc1. The van der Waals surface area contributed by atoms with Crippen molar-refractivity contribution in [2.75, 3.05) is 0 Å². The number of rotatable bonds is 8. The van der Waals surface area contributed by atoms with Crippen LogP contribution in [0.4, 0.5) is 0 Å². The Labute approximate surface area is 296 Å². The Bertz CT molecular complexity index is 2250. The zero-order valence-corrected chi connectivity index (χ0v) is 31.0. The second kappa shape index (κ2) is 14.1. The summed E-state index contributed by atoms with van der Waals surface area (Å²) in [7, 11) is 0. The van der Waals surface area contributed by atoms with Gasteiger partial charge in [0.1, 0.15) is 11.3 Å². The molecule has 1 radical (unpaired) electrons. The number of furan rings is 1. The van der Waals surface area contributed by atoms with Gasteiger partial charge in [0.2, 0.25) is 0 Å². The van der Waals surface area contributed by atoms with Gasteiger partial charge in [0.15, 0.2) is 5.78 Å². The topological polar surface area (TPSA) is 68.3 Å². The molecule has 0 fully saturated rings. The number of carbonyl (C=O) groups is 1. The molecule has 0 aliphatic rings. The van der Waals surface area contributed by atoms with Crippen molar-refractivity contribution in [3.05, 3.63) is 109 Å². The molecule has 7 rings (SSSR count). The molecule has 0 bridgehead atoms. The van der Waals surface area contributed by atoms with Crippen LogP contribution in [0.3, 0.4) is 0 Å². The summed E-state index contributed by atoms with van der Waals surface area (Å²) < 4.78 is 8.54. The van der Waals surface area contributed by atoms with Crippen LogP contribution in [0.25, 0.3) is 60.3 Å². The number of hydrogen-bond donors (Lipinski definition) is 1. The molecule has 5 nitrogen and oxygen atoms in total. The van der Waals surface area contributed by atoms with Gasteiger partial charge in [-0.25, -0.2) is 0 Å². The number of pyridine rings is 1. The number of ketones is 1. The molecule has 249 valence electrons. The van der Waals surface area contributed by atoms with Crippen LogP contribution in [0.15, 0.2) is 107 Å². The van der Waals surface area contributed by atoms with Crippen molar-refractivity contribution in [3.8, 4) is 5.69 Å². The van der Waals surface area contributed by atoms with E-state index < -0.39 is 0 Å². The van der Waals surface area contributed by atoms with Crippen molar-refractivity contribution in [2.45, 2.75) is 67.2 Å². The molecule has 0 spiro atoms. The Morgan fingerprint density at radius 3 is 2.17 bits per heavy atom. The molecule has 0 atom stereocenters. The molecule has 6 heteroatoms. The molecule has 3 aromatic heterocycles. The molecule has 0 amide bonds. The molecular formula is C42H43IrN2O3-. The number of aliphatic hydroxyl groups is 1. The van der Waals surface area contributed by atoms with Gasteiger partial charge in [-0.1, -0.05) is 102 Å². The number of nitrogens with zero attached hydrogens (tertiary/aromatic N) is 2. The van der Waals surface area contributed by atoms with Crippen LogP contribution in [0, 0.1) is 16.9 Å². The fourth-order valence-electron chi connectivity index (χ4n) is 6.37. The van der Waals surface area contributed by atoms with Gasteiger partial charge < -0.3 is 19.1 Å². The predicted octanol–water partition coefficient (Wildman–Crippen LogP) is 11.7. The van der Waals surface area contributed by atoms with E-state index >= 15 is 0 Å². The average molecular weight is 816 g/mol. The van der Waals surface area contributed by atoms with Gasteiger partial charge in [0.05, 0.1) is 5.58 Å². The molecule has 4 aromatic carbocycles. The van der Waals surface area contributed by atoms with Crippen molar-refractivity contribution in [3.63, 3.8) is 0 Å². The third kappa shape index (κ3) is 5.97.